The molecule has 0 aromatic heterocycles. The van der Waals surface area contributed by atoms with Crippen LogP contribution < -0.4 is 0 Å². The SMILES string of the molecule is CCN(CC)CCOC(=O)C(O)(c1ccccc1)c1cccc(C)c1C. The number of benzene rings is 2. The quantitative estimate of drug-likeness (QED) is 0.737. The Bertz CT molecular complexity index is 725. The van der Waals surface area contributed by atoms with E-state index in [4.69, 9.17) is 4.74 Å². The van der Waals surface area contributed by atoms with Gasteiger partial charge in [-0.15, -0.1) is 0 Å². The molecular formula is C22H29NO3. The highest BCUT2D eigenvalue weighted by atomic mass is 16.5. The van der Waals surface area contributed by atoms with Gasteiger partial charge in [0.15, 0.2) is 0 Å². The van der Waals surface area contributed by atoms with Crippen LogP contribution in [0, 0.1) is 13.8 Å². The molecule has 4 heteroatoms. The van der Waals surface area contributed by atoms with Crippen LogP contribution in [0.25, 0.3) is 0 Å². The van der Waals surface area contributed by atoms with E-state index in [-0.39, 0.29) is 6.61 Å². The van der Waals surface area contributed by atoms with Crippen molar-refractivity contribution in [3.8, 4) is 0 Å². The summed E-state index contributed by atoms with van der Waals surface area (Å²) in [5.74, 6) is -0.635. The Morgan fingerprint density at radius 3 is 2.31 bits per heavy atom. The standard InChI is InChI=1S/C22H29NO3/c1-5-23(6-2)15-16-26-21(24)22(25,19-12-8-7-9-13-19)20-14-10-11-17(3)18(20)4/h7-14,25H,5-6,15-16H2,1-4H3. The van der Waals surface area contributed by atoms with Crippen LogP contribution in [0.15, 0.2) is 48.5 Å². The molecule has 140 valence electrons. The van der Waals surface area contributed by atoms with E-state index < -0.39 is 11.6 Å². The minimum atomic E-state index is -1.82. The summed E-state index contributed by atoms with van der Waals surface area (Å²) in [6, 6.07) is 14.6. The van der Waals surface area contributed by atoms with Gasteiger partial charge in [-0.05, 0) is 43.6 Å². The molecule has 0 spiro atoms. The molecule has 1 N–H and O–H groups in total. The molecule has 0 heterocycles. The molecule has 26 heavy (non-hydrogen) atoms. The molecule has 0 aliphatic carbocycles. The number of hydrogen-bond donors (Lipinski definition) is 1. The van der Waals surface area contributed by atoms with Gasteiger partial charge < -0.3 is 14.7 Å². The molecule has 0 bridgehead atoms. The normalized spacial score (nSPS) is 13.5. The lowest BCUT2D eigenvalue weighted by molar-refractivity contribution is -0.162. The van der Waals surface area contributed by atoms with Crippen molar-refractivity contribution in [1.29, 1.82) is 0 Å². The number of carbonyl (C=O) groups is 1. The maximum absolute atomic E-state index is 13.0. The average Bonchev–Trinajstić information content (AvgIpc) is 2.67. The molecule has 4 nitrogen and oxygen atoms in total. The summed E-state index contributed by atoms with van der Waals surface area (Å²) < 4.78 is 5.51. The largest absolute Gasteiger partial charge is 0.462 e. The Morgan fingerprint density at radius 2 is 1.69 bits per heavy atom. The van der Waals surface area contributed by atoms with Crippen LogP contribution in [-0.2, 0) is 15.1 Å². The zero-order valence-electron chi connectivity index (χ0n) is 16.2. The van der Waals surface area contributed by atoms with E-state index in [1.165, 1.54) is 0 Å². The molecule has 0 aliphatic heterocycles. The van der Waals surface area contributed by atoms with Crippen molar-refractivity contribution >= 4 is 5.97 Å². The van der Waals surface area contributed by atoms with Gasteiger partial charge in [-0.2, -0.15) is 0 Å². The number of rotatable bonds is 8. The first kappa shape index (κ1) is 20.1. The third-order valence-corrected chi connectivity index (χ3v) is 5.02. The highest BCUT2D eigenvalue weighted by molar-refractivity contribution is 5.86. The zero-order chi connectivity index (χ0) is 19.2. The molecule has 0 radical (unpaired) electrons. The van der Waals surface area contributed by atoms with E-state index in [9.17, 15) is 9.90 Å². The Morgan fingerprint density at radius 1 is 1.04 bits per heavy atom. The van der Waals surface area contributed by atoms with Crippen LogP contribution in [0.5, 0.6) is 0 Å². The predicted molar refractivity (Wildman–Crippen MR) is 104 cm³/mol. The van der Waals surface area contributed by atoms with Gasteiger partial charge in [0.2, 0.25) is 5.60 Å². The van der Waals surface area contributed by atoms with Crippen molar-refractivity contribution in [2.75, 3.05) is 26.2 Å². The third kappa shape index (κ3) is 4.14. The Labute approximate surface area is 156 Å². The van der Waals surface area contributed by atoms with Crippen LogP contribution in [0.1, 0.15) is 36.1 Å². The van der Waals surface area contributed by atoms with Crippen LogP contribution >= 0.6 is 0 Å². The lowest BCUT2D eigenvalue weighted by atomic mass is 9.83. The molecule has 0 aliphatic rings. The number of nitrogens with zero attached hydrogens (tertiary/aromatic N) is 1. The van der Waals surface area contributed by atoms with Crippen molar-refractivity contribution < 1.29 is 14.6 Å². The molecule has 1 atom stereocenters. The van der Waals surface area contributed by atoms with Gasteiger partial charge in [-0.1, -0.05) is 62.4 Å². The number of hydrogen-bond acceptors (Lipinski definition) is 4. The van der Waals surface area contributed by atoms with E-state index in [0.717, 1.165) is 24.2 Å². The smallest absolute Gasteiger partial charge is 0.347 e. The van der Waals surface area contributed by atoms with Crippen molar-refractivity contribution in [2.45, 2.75) is 33.3 Å². The predicted octanol–water partition coefficient (Wildman–Crippen LogP) is 3.42. The van der Waals surface area contributed by atoms with Gasteiger partial charge in [0.1, 0.15) is 6.61 Å². The first-order valence-corrected chi connectivity index (χ1v) is 9.19. The molecule has 1 unspecified atom stereocenters. The minimum Gasteiger partial charge on any atom is -0.462 e. The fraction of sp³-hybridized carbons (Fsp3) is 0.409. The highest BCUT2D eigenvalue weighted by Gasteiger charge is 2.42. The summed E-state index contributed by atoms with van der Waals surface area (Å²) in [4.78, 5) is 15.2. The van der Waals surface area contributed by atoms with E-state index in [2.05, 4.69) is 18.7 Å². The van der Waals surface area contributed by atoms with Crippen molar-refractivity contribution in [2.24, 2.45) is 0 Å². The van der Waals surface area contributed by atoms with E-state index in [1.807, 2.05) is 44.2 Å². The molecule has 2 rings (SSSR count). The first-order chi connectivity index (χ1) is 12.4. The van der Waals surface area contributed by atoms with Crippen molar-refractivity contribution in [3.05, 3.63) is 70.8 Å². The van der Waals surface area contributed by atoms with Gasteiger partial charge in [-0.3, -0.25) is 0 Å². The number of ether oxygens (including phenoxy) is 1. The molecule has 2 aromatic carbocycles. The fourth-order valence-corrected chi connectivity index (χ4v) is 3.12. The fourth-order valence-electron chi connectivity index (χ4n) is 3.12. The molecule has 0 amide bonds. The monoisotopic (exact) mass is 355 g/mol. The van der Waals surface area contributed by atoms with Gasteiger partial charge in [0.25, 0.3) is 0 Å². The van der Waals surface area contributed by atoms with Gasteiger partial charge in [0, 0.05) is 12.1 Å². The number of carbonyl (C=O) groups excluding carboxylic acids is 1. The van der Waals surface area contributed by atoms with E-state index in [1.54, 1.807) is 18.2 Å². The van der Waals surface area contributed by atoms with Crippen LogP contribution in [0.2, 0.25) is 0 Å². The molecule has 2 aromatic rings. The summed E-state index contributed by atoms with van der Waals surface area (Å²) in [5.41, 5.74) is 1.17. The molecular weight excluding hydrogens is 326 g/mol. The molecule has 0 saturated heterocycles. The summed E-state index contributed by atoms with van der Waals surface area (Å²) >= 11 is 0. The maximum Gasteiger partial charge on any atom is 0.347 e. The summed E-state index contributed by atoms with van der Waals surface area (Å²) in [6.07, 6.45) is 0. The second-order valence-electron chi connectivity index (χ2n) is 6.49. The van der Waals surface area contributed by atoms with E-state index in [0.29, 0.717) is 17.7 Å². The summed E-state index contributed by atoms with van der Waals surface area (Å²) in [6.45, 7) is 10.7. The lowest BCUT2D eigenvalue weighted by Crippen LogP contribution is -2.40. The van der Waals surface area contributed by atoms with Gasteiger partial charge in [-0.25, -0.2) is 4.79 Å². The third-order valence-electron chi connectivity index (χ3n) is 5.02. The molecule has 0 saturated carbocycles. The van der Waals surface area contributed by atoms with E-state index >= 15 is 0 Å². The maximum atomic E-state index is 13.0. The van der Waals surface area contributed by atoms with Gasteiger partial charge in [0.05, 0.1) is 0 Å². The summed E-state index contributed by atoms with van der Waals surface area (Å²) in [5, 5.41) is 11.5. The highest BCUT2D eigenvalue weighted by Crippen LogP contribution is 2.34. The number of aryl methyl sites for hydroxylation is 1. The number of likely N-dealkylation sites (N-methyl/N-ethyl adjacent to an activating group) is 1. The van der Waals surface area contributed by atoms with Crippen LogP contribution in [-0.4, -0.2) is 42.2 Å². The lowest BCUT2D eigenvalue weighted by Gasteiger charge is -2.29. The number of esters is 1. The minimum absolute atomic E-state index is 0.251. The second kappa shape index (κ2) is 8.97. The second-order valence-corrected chi connectivity index (χ2v) is 6.49. The molecule has 0 fully saturated rings. The van der Waals surface area contributed by atoms with Crippen LogP contribution in [0.3, 0.4) is 0 Å². The number of aliphatic hydroxyl groups is 1. The van der Waals surface area contributed by atoms with Crippen molar-refractivity contribution in [3.63, 3.8) is 0 Å². The Hall–Kier alpha value is -2.17. The zero-order valence-corrected chi connectivity index (χ0v) is 16.2. The van der Waals surface area contributed by atoms with Crippen molar-refractivity contribution in [1.82, 2.24) is 4.90 Å². The topological polar surface area (TPSA) is 49.8 Å². The average molecular weight is 355 g/mol. The Balaban J connectivity index is 2.36. The van der Waals surface area contributed by atoms with Crippen LogP contribution in [0.4, 0.5) is 0 Å². The van der Waals surface area contributed by atoms with Gasteiger partial charge >= 0.3 is 5.97 Å². The Kier molecular flexibility index (Phi) is 6.95. The first-order valence-electron chi connectivity index (χ1n) is 9.19. The summed E-state index contributed by atoms with van der Waals surface area (Å²) in [7, 11) is 0.